The summed E-state index contributed by atoms with van der Waals surface area (Å²) in [5.41, 5.74) is 2.21. The minimum absolute atomic E-state index is 0.0626. The van der Waals surface area contributed by atoms with Gasteiger partial charge in [-0.15, -0.1) is 0 Å². The van der Waals surface area contributed by atoms with Crippen molar-refractivity contribution in [3.8, 4) is 0 Å². The Morgan fingerprint density at radius 3 is 2.76 bits per heavy atom. The summed E-state index contributed by atoms with van der Waals surface area (Å²) in [4.78, 5) is 39.0. The van der Waals surface area contributed by atoms with E-state index >= 15 is 0 Å². The molecule has 3 aromatic rings. The van der Waals surface area contributed by atoms with E-state index in [1.54, 1.807) is 16.7 Å². The number of amides is 1. The number of thiazole rings is 1. The van der Waals surface area contributed by atoms with Crippen LogP contribution in [0.4, 0.5) is 5.69 Å². The van der Waals surface area contributed by atoms with E-state index < -0.39 is 16.8 Å². The number of nitro benzene ring substituents is 1. The monoisotopic (exact) mass is 411 g/mol. The summed E-state index contributed by atoms with van der Waals surface area (Å²) in [6.07, 6.45) is 2.70. The number of aromatic nitrogens is 1. The van der Waals surface area contributed by atoms with Crippen LogP contribution in [0.5, 0.6) is 0 Å². The predicted molar refractivity (Wildman–Crippen MR) is 109 cm³/mol. The van der Waals surface area contributed by atoms with Crippen LogP contribution in [0.1, 0.15) is 11.1 Å². The molecule has 0 N–H and O–H groups in total. The van der Waals surface area contributed by atoms with E-state index in [1.165, 1.54) is 42.7 Å². The largest absolute Gasteiger partial charge is 0.468 e. The molecule has 0 radical (unpaired) electrons. The molecule has 148 valence electrons. The van der Waals surface area contributed by atoms with Gasteiger partial charge in [0.1, 0.15) is 6.54 Å². The summed E-state index contributed by atoms with van der Waals surface area (Å²) >= 11 is 1.29. The summed E-state index contributed by atoms with van der Waals surface area (Å²) in [6.45, 7) is 1.85. The number of fused-ring (bicyclic) bond motifs is 1. The van der Waals surface area contributed by atoms with Crippen LogP contribution in [0.15, 0.2) is 53.5 Å². The van der Waals surface area contributed by atoms with Crippen LogP contribution in [0.25, 0.3) is 16.3 Å². The number of ether oxygens (including phenoxy) is 1. The molecule has 0 saturated carbocycles. The molecule has 0 atom stereocenters. The van der Waals surface area contributed by atoms with Gasteiger partial charge in [-0.05, 0) is 30.2 Å². The Labute approximate surface area is 169 Å². The van der Waals surface area contributed by atoms with Gasteiger partial charge < -0.3 is 9.30 Å². The van der Waals surface area contributed by atoms with Crippen molar-refractivity contribution in [2.75, 3.05) is 7.11 Å². The molecule has 1 aromatic heterocycles. The maximum absolute atomic E-state index is 12.4. The first-order valence-corrected chi connectivity index (χ1v) is 9.37. The number of rotatable bonds is 5. The van der Waals surface area contributed by atoms with E-state index in [0.717, 1.165) is 15.8 Å². The smallest absolute Gasteiger partial charge is 0.325 e. The predicted octanol–water partition coefficient (Wildman–Crippen LogP) is 3.23. The molecule has 0 aliphatic rings. The van der Waals surface area contributed by atoms with Crippen molar-refractivity contribution in [3.05, 3.63) is 74.6 Å². The molecule has 0 aliphatic carbocycles. The normalized spacial score (nSPS) is 11.9. The third-order valence-corrected chi connectivity index (χ3v) is 5.17. The lowest BCUT2D eigenvalue weighted by molar-refractivity contribution is -0.384. The Bertz CT molecular complexity index is 1210. The first-order chi connectivity index (χ1) is 13.9. The molecule has 0 saturated heterocycles. The molecule has 0 spiro atoms. The topological polar surface area (TPSA) is 104 Å². The van der Waals surface area contributed by atoms with Gasteiger partial charge in [0.2, 0.25) is 0 Å². The standard InChI is InChI=1S/C20H17N3O5S/c1-13-5-3-8-16-19(13)22(12-18(25)28-2)20(29-16)21-17(24)10-9-14-6-4-7-15(11-14)23(26)27/h3-11H,12H2,1-2H3. The number of nitro groups is 1. The fourth-order valence-corrected chi connectivity index (χ4v) is 3.89. The number of carbonyl (C=O) groups excluding carboxylic acids is 2. The van der Waals surface area contributed by atoms with Gasteiger partial charge in [0.05, 0.1) is 22.2 Å². The van der Waals surface area contributed by atoms with Crippen molar-refractivity contribution in [2.24, 2.45) is 4.99 Å². The van der Waals surface area contributed by atoms with E-state index in [0.29, 0.717) is 10.4 Å². The number of carbonyl (C=O) groups is 2. The summed E-state index contributed by atoms with van der Waals surface area (Å²) < 4.78 is 7.30. The lowest BCUT2D eigenvalue weighted by Crippen LogP contribution is -2.22. The Kier molecular flexibility index (Phi) is 5.99. The van der Waals surface area contributed by atoms with Gasteiger partial charge in [0.25, 0.3) is 11.6 Å². The third kappa shape index (κ3) is 4.64. The molecule has 3 rings (SSSR count). The van der Waals surface area contributed by atoms with Crippen molar-refractivity contribution in [1.82, 2.24) is 4.57 Å². The zero-order valence-corrected chi connectivity index (χ0v) is 16.5. The molecule has 9 heteroatoms. The number of benzene rings is 2. The minimum atomic E-state index is -0.542. The number of nitrogens with zero attached hydrogens (tertiary/aromatic N) is 3. The van der Waals surface area contributed by atoms with Crippen LogP contribution in [0.3, 0.4) is 0 Å². The van der Waals surface area contributed by atoms with E-state index in [-0.39, 0.29) is 12.2 Å². The first-order valence-electron chi connectivity index (χ1n) is 8.56. The van der Waals surface area contributed by atoms with Crippen LogP contribution < -0.4 is 4.80 Å². The number of non-ortho nitro benzene ring substituents is 1. The zero-order chi connectivity index (χ0) is 21.0. The molecule has 2 aromatic carbocycles. The van der Waals surface area contributed by atoms with Crippen LogP contribution in [-0.4, -0.2) is 28.5 Å². The van der Waals surface area contributed by atoms with Crippen LogP contribution in [-0.2, 0) is 20.9 Å². The Balaban J connectivity index is 1.99. The molecule has 1 heterocycles. The molecule has 0 bridgehead atoms. The fraction of sp³-hybridized carbons (Fsp3) is 0.150. The number of para-hydroxylation sites is 1. The van der Waals surface area contributed by atoms with E-state index in [9.17, 15) is 19.7 Å². The molecule has 0 fully saturated rings. The van der Waals surface area contributed by atoms with Crippen molar-refractivity contribution in [3.63, 3.8) is 0 Å². The Morgan fingerprint density at radius 1 is 1.28 bits per heavy atom. The van der Waals surface area contributed by atoms with Gasteiger partial charge >= 0.3 is 5.97 Å². The molecule has 1 amide bonds. The second-order valence-corrected chi connectivity index (χ2v) is 7.11. The molecule has 8 nitrogen and oxygen atoms in total. The number of hydrogen-bond donors (Lipinski definition) is 0. The zero-order valence-electron chi connectivity index (χ0n) is 15.7. The van der Waals surface area contributed by atoms with Crippen LogP contribution in [0, 0.1) is 17.0 Å². The van der Waals surface area contributed by atoms with Gasteiger partial charge in [-0.25, -0.2) is 0 Å². The molecule has 0 aliphatic heterocycles. The lowest BCUT2D eigenvalue weighted by Gasteiger charge is -2.05. The van der Waals surface area contributed by atoms with Gasteiger partial charge in [-0.3, -0.25) is 19.7 Å². The van der Waals surface area contributed by atoms with E-state index in [4.69, 9.17) is 4.74 Å². The summed E-state index contributed by atoms with van der Waals surface area (Å²) in [7, 11) is 1.30. The number of methoxy groups -OCH3 is 1. The molecule has 29 heavy (non-hydrogen) atoms. The average molecular weight is 411 g/mol. The highest BCUT2D eigenvalue weighted by atomic mass is 32.1. The van der Waals surface area contributed by atoms with Crippen LogP contribution >= 0.6 is 11.3 Å². The van der Waals surface area contributed by atoms with Crippen molar-refractivity contribution < 1.29 is 19.2 Å². The lowest BCUT2D eigenvalue weighted by atomic mass is 10.2. The van der Waals surface area contributed by atoms with Crippen molar-refractivity contribution in [1.29, 1.82) is 0 Å². The highest BCUT2D eigenvalue weighted by Gasteiger charge is 2.13. The van der Waals surface area contributed by atoms with E-state index in [1.807, 2.05) is 25.1 Å². The summed E-state index contributed by atoms with van der Waals surface area (Å²) in [6, 6.07) is 11.6. The summed E-state index contributed by atoms with van der Waals surface area (Å²) in [5.74, 6) is -0.992. The fourth-order valence-electron chi connectivity index (χ4n) is 2.77. The van der Waals surface area contributed by atoms with Gasteiger partial charge in [0, 0.05) is 18.2 Å². The van der Waals surface area contributed by atoms with Gasteiger partial charge in [-0.1, -0.05) is 35.6 Å². The molecular formula is C20H17N3O5S. The minimum Gasteiger partial charge on any atom is -0.468 e. The maximum atomic E-state index is 12.4. The molecular weight excluding hydrogens is 394 g/mol. The second kappa shape index (κ2) is 8.61. The van der Waals surface area contributed by atoms with E-state index in [2.05, 4.69) is 4.99 Å². The van der Waals surface area contributed by atoms with Crippen molar-refractivity contribution in [2.45, 2.75) is 13.5 Å². The number of esters is 1. The Hall–Kier alpha value is -3.59. The number of hydrogen-bond acceptors (Lipinski definition) is 6. The average Bonchev–Trinajstić information content (AvgIpc) is 3.04. The van der Waals surface area contributed by atoms with Gasteiger partial charge in [-0.2, -0.15) is 4.99 Å². The molecule has 0 unspecified atom stereocenters. The van der Waals surface area contributed by atoms with Crippen molar-refractivity contribution >= 4 is 45.2 Å². The number of aryl methyl sites for hydroxylation is 1. The highest BCUT2D eigenvalue weighted by Crippen LogP contribution is 2.21. The Morgan fingerprint density at radius 2 is 2.03 bits per heavy atom. The quantitative estimate of drug-likeness (QED) is 0.277. The summed E-state index contributed by atoms with van der Waals surface area (Å²) in [5, 5.41) is 10.9. The van der Waals surface area contributed by atoms with Gasteiger partial charge in [0.15, 0.2) is 4.80 Å². The first kappa shape index (κ1) is 20.2. The van der Waals surface area contributed by atoms with Crippen LogP contribution in [0.2, 0.25) is 0 Å². The maximum Gasteiger partial charge on any atom is 0.325 e. The third-order valence-electron chi connectivity index (χ3n) is 4.12. The highest BCUT2D eigenvalue weighted by molar-refractivity contribution is 7.16. The SMILES string of the molecule is COC(=O)Cn1c(=NC(=O)C=Cc2cccc([N+](=O)[O-])c2)sc2cccc(C)c21. The second-order valence-electron chi connectivity index (χ2n) is 6.10.